The molecule has 3 heterocycles. The first-order chi connectivity index (χ1) is 13.1. The van der Waals surface area contributed by atoms with Crippen LogP contribution in [-0.4, -0.2) is 32.3 Å². The van der Waals surface area contributed by atoms with Crippen LogP contribution in [0.1, 0.15) is 23.0 Å². The molecule has 4 rings (SSSR count). The van der Waals surface area contributed by atoms with Gasteiger partial charge in [-0.05, 0) is 24.6 Å². The number of hydrogen-bond donors (Lipinski definition) is 1. The first kappa shape index (κ1) is 17.3. The molecule has 0 radical (unpaired) electrons. The summed E-state index contributed by atoms with van der Waals surface area (Å²) in [6, 6.07) is 5.68. The normalized spacial score (nSPS) is 12.0. The van der Waals surface area contributed by atoms with Crippen molar-refractivity contribution in [2.75, 3.05) is 11.9 Å². The molecule has 0 saturated carbocycles. The fraction of sp³-hybridized carbons (Fsp3) is 0.222. The van der Waals surface area contributed by atoms with Crippen LogP contribution >= 0.6 is 11.6 Å². The lowest BCUT2D eigenvalue weighted by Gasteiger charge is -2.20. The molecule has 0 spiro atoms. The Bertz CT molecular complexity index is 1030. The molecule has 1 aliphatic rings. The Kier molecular flexibility index (Phi) is 4.41. The zero-order valence-electron chi connectivity index (χ0n) is 14.7. The topological polar surface area (TPSA) is 91.2 Å². The van der Waals surface area contributed by atoms with Gasteiger partial charge in [0, 0.05) is 30.6 Å². The number of rotatable bonds is 4. The van der Waals surface area contributed by atoms with Gasteiger partial charge in [-0.3, -0.25) is 4.68 Å². The summed E-state index contributed by atoms with van der Waals surface area (Å²) in [4.78, 5) is 20.2. The molecule has 138 valence electrons. The largest absolute Gasteiger partial charge is 0.484 e. The smallest absolute Gasteiger partial charge is 0.343 e. The zero-order valence-corrected chi connectivity index (χ0v) is 15.4. The summed E-state index contributed by atoms with van der Waals surface area (Å²) in [6.45, 7) is 2.33. The van der Waals surface area contributed by atoms with E-state index in [2.05, 4.69) is 20.4 Å². The maximum atomic E-state index is 12.2. The van der Waals surface area contributed by atoms with Crippen LogP contribution in [-0.2, 0) is 18.4 Å². The number of nitrogens with zero attached hydrogens (tertiary/aromatic N) is 4. The lowest BCUT2D eigenvalue weighted by Crippen LogP contribution is -2.12. The average Bonchev–Trinajstić information content (AvgIpc) is 3.03. The number of hydrogen-bond acceptors (Lipinski definition) is 7. The van der Waals surface area contributed by atoms with E-state index in [1.165, 1.54) is 6.20 Å². The number of aromatic nitrogens is 4. The molecule has 0 atom stereocenters. The average molecular weight is 386 g/mol. The lowest BCUT2D eigenvalue weighted by molar-refractivity contribution is 0.0526. The van der Waals surface area contributed by atoms with Crippen LogP contribution in [0, 0.1) is 0 Å². The molecule has 9 heteroatoms. The number of nitrogens with one attached hydrogen (secondary N) is 1. The van der Waals surface area contributed by atoms with Gasteiger partial charge in [-0.2, -0.15) is 10.1 Å². The van der Waals surface area contributed by atoms with Gasteiger partial charge in [0.15, 0.2) is 5.75 Å². The molecule has 1 aliphatic heterocycles. The Morgan fingerprint density at radius 3 is 3.07 bits per heavy atom. The summed E-state index contributed by atoms with van der Waals surface area (Å²) in [7, 11) is 1.87. The Hall–Kier alpha value is -3.13. The van der Waals surface area contributed by atoms with Crippen LogP contribution in [0.5, 0.6) is 5.75 Å². The van der Waals surface area contributed by atoms with Crippen LogP contribution < -0.4 is 10.1 Å². The SMILES string of the molecule is CCOC(=O)c1cnc(Cl)nc1Nc1cccc2c1OCc1nn(C)cc1-2. The third-order valence-electron chi connectivity index (χ3n) is 4.07. The minimum atomic E-state index is -0.531. The van der Waals surface area contributed by atoms with Gasteiger partial charge in [-0.1, -0.05) is 12.1 Å². The highest BCUT2D eigenvalue weighted by Crippen LogP contribution is 2.42. The van der Waals surface area contributed by atoms with Crippen molar-refractivity contribution in [3.8, 4) is 16.9 Å². The first-order valence-electron chi connectivity index (χ1n) is 8.32. The van der Waals surface area contributed by atoms with E-state index in [4.69, 9.17) is 21.1 Å². The number of benzene rings is 1. The van der Waals surface area contributed by atoms with Gasteiger partial charge in [0.25, 0.3) is 0 Å². The number of anilines is 2. The quantitative estimate of drug-likeness (QED) is 0.544. The number of fused-ring (bicyclic) bond motifs is 3. The first-order valence-corrected chi connectivity index (χ1v) is 8.70. The summed E-state index contributed by atoms with van der Waals surface area (Å²) in [5.41, 5.74) is 3.64. The fourth-order valence-electron chi connectivity index (χ4n) is 2.95. The molecule has 2 aromatic heterocycles. The third-order valence-corrected chi connectivity index (χ3v) is 4.25. The van der Waals surface area contributed by atoms with Gasteiger partial charge in [0.1, 0.15) is 23.7 Å². The minimum Gasteiger partial charge on any atom is -0.484 e. The molecule has 0 bridgehead atoms. The fourth-order valence-corrected chi connectivity index (χ4v) is 3.08. The van der Waals surface area contributed by atoms with Gasteiger partial charge in [-0.25, -0.2) is 9.78 Å². The zero-order chi connectivity index (χ0) is 19.0. The van der Waals surface area contributed by atoms with Gasteiger partial charge in [-0.15, -0.1) is 0 Å². The molecule has 0 fully saturated rings. The van der Waals surface area contributed by atoms with Crippen LogP contribution in [0.2, 0.25) is 5.28 Å². The highest BCUT2D eigenvalue weighted by Gasteiger charge is 2.24. The molecule has 0 saturated heterocycles. The maximum absolute atomic E-state index is 12.2. The minimum absolute atomic E-state index is 0.0193. The van der Waals surface area contributed by atoms with E-state index in [1.54, 1.807) is 11.6 Å². The van der Waals surface area contributed by atoms with E-state index in [0.717, 1.165) is 16.8 Å². The van der Waals surface area contributed by atoms with Crippen LogP contribution in [0.15, 0.2) is 30.6 Å². The lowest BCUT2D eigenvalue weighted by atomic mass is 10.0. The number of carbonyl (C=O) groups is 1. The Labute approximate surface area is 160 Å². The van der Waals surface area contributed by atoms with Gasteiger partial charge in [0.05, 0.1) is 12.3 Å². The number of ether oxygens (including phenoxy) is 2. The van der Waals surface area contributed by atoms with Crippen LogP contribution in [0.25, 0.3) is 11.1 Å². The van der Waals surface area contributed by atoms with E-state index in [0.29, 0.717) is 18.0 Å². The predicted molar refractivity (Wildman–Crippen MR) is 99.3 cm³/mol. The van der Waals surface area contributed by atoms with Crippen molar-refractivity contribution in [2.45, 2.75) is 13.5 Å². The number of aryl methyl sites for hydroxylation is 1. The third kappa shape index (κ3) is 3.19. The van der Waals surface area contributed by atoms with Crippen molar-refractivity contribution < 1.29 is 14.3 Å². The summed E-state index contributed by atoms with van der Waals surface area (Å²) >= 11 is 5.92. The van der Waals surface area contributed by atoms with E-state index in [1.807, 2.05) is 31.4 Å². The van der Waals surface area contributed by atoms with Crippen molar-refractivity contribution >= 4 is 29.1 Å². The standard InChI is InChI=1S/C18H16ClN5O3/c1-3-26-17(25)11-7-20-18(19)22-16(11)21-13-6-4-5-10-12-8-24(2)23-14(12)9-27-15(10)13/h4-8H,3,9H2,1-2H3,(H,20,21,22). The van der Waals surface area contributed by atoms with Crippen molar-refractivity contribution in [2.24, 2.45) is 7.05 Å². The number of esters is 1. The van der Waals surface area contributed by atoms with Gasteiger partial charge < -0.3 is 14.8 Å². The maximum Gasteiger partial charge on any atom is 0.343 e. The molecule has 27 heavy (non-hydrogen) atoms. The molecule has 1 N–H and O–H groups in total. The highest BCUT2D eigenvalue weighted by atomic mass is 35.5. The number of halogens is 1. The molecular weight excluding hydrogens is 370 g/mol. The van der Waals surface area contributed by atoms with E-state index >= 15 is 0 Å². The molecular formula is C18H16ClN5O3. The van der Waals surface area contributed by atoms with Crippen LogP contribution in [0.3, 0.4) is 0 Å². The van der Waals surface area contributed by atoms with Crippen molar-refractivity contribution in [3.63, 3.8) is 0 Å². The van der Waals surface area contributed by atoms with E-state index < -0.39 is 5.97 Å². The van der Waals surface area contributed by atoms with Crippen LogP contribution in [0.4, 0.5) is 11.5 Å². The highest BCUT2D eigenvalue weighted by molar-refractivity contribution is 6.28. The molecule has 3 aromatic rings. The van der Waals surface area contributed by atoms with E-state index in [9.17, 15) is 4.79 Å². The second kappa shape index (κ2) is 6.88. The predicted octanol–water partition coefficient (Wildman–Crippen LogP) is 3.34. The van der Waals surface area contributed by atoms with Gasteiger partial charge in [0.2, 0.25) is 5.28 Å². The molecule has 8 nitrogen and oxygen atoms in total. The Balaban J connectivity index is 1.75. The monoisotopic (exact) mass is 385 g/mol. The van der Waals surface area contributed by atoms with Crippen molar-refractivity contribution in [1.82, 2.24) is 19.7 Å². The molecule has 1 aromatic carbocycles. The Morgan fingerprint density at radius 2 is 2.26 bits per heavy atom. The summed E-state index contributed by atoms with van der Waals surface area (Å²) in [5.74, 6) is 0.377. The van der Waals surface area contributed by atoms with Crippen molar-refractivity contribution in [3.05, 3.63) is 47.1 Å². The summed E-state index contributed by atoms with van der Waals surface area (Å²) in [6.07, 6.45) is 3.29. The number of carbonyl (C=O) groups excluding carboxylic acids is 1. The van der Waals surface area contributed by atoms with E-state index in [-0.39, 0.29) is 23.3 Å². The summed E-state index contributed by atoms with van der Waals surface area (Å²) in [5, 5.41) is 7.55. The molecule has 0 aliphatic carbocycles. The van der Waals surface area contributed by atoms with Gasteiger partial charge >= 0.3 is 5.97 Å². The second-order valence-corrected chi connectivity index (χ2v) is 6.22. The number of para-hydroxylation sites is 1. The summed E-state index contributed by atoms with van der Waals surface area (Å²) < 4.78 is 12.7. The molecule has 0 amide bonds. The Morgan fingerprint density at radius 1 is 1.41 bits per heavy atom. The van der Waals surface area contributed by atoms with Crippen molar-refractivity contribution in [1.29, 1.82) is 0 Å². The molecule has 0 unspecified atom stereocenters. The second-order valence-electron chi connectivity index (χ2n) is 5.88.